The molecule has 102 valence electrons. The number of aliphatic imine (C=N–C) groups is 1. The van der Waals surface area contributed by atoms with Gasteiger partial charge in [-0.25, -0.2) is 0 Å². The zero-order valence-corrected chi connectivity index (χ0v) is 10.9. The van der Waals surface area contributed by atoms with Crippen molar-refractivity contribution in [2.45, 2.75) is 31.7 Å². The summed E-state index contributed by atoms with van der Waals surface area (Å²) in [6, 6.07) is 0.454. The number of hydrogen-bond donors (Lipinski definition) is 1. The first-order chi connectivity index (χ1) is 8.67. The minimum atomic E-state index is -0.728. The Bertz CT molecular complexity index is 309. The van der Waals surface area contributed by atoms with Crippen molar-refractivity contribution in [1.29, 1.82) is 0 Å². The number of nitrogens with zero attached hydrogens (tertiary/aromatic N) is 3. The van der Waals surface area contributed by atoms with Crippen molar-refractivity contribution >= 4 is 12.7 Å². The maximum atomic E-state index is 10.7. The average Bonchev–Trinajstić information content (AvgIpc) is 2.76. The quantitative estimate of drug-likeness (QED) is 0.740. The summed E-state index contributed by atoms with van der Waals surface area (Å²) in [7, 11) is 0. The Morgan fingerprint density at radius 2 is 2.11 bits per heavy atom. The van der Waals surface area contributed by atoms with Crippen LogP contribution in [0.25, 0.3) is 0 Å². The van der Waals surface area contributed by atoms with E-state index in [2.05, 4.69) is 16.6 Å². The van der Waals surface area contributed by atoms with E-state index < -0.39 is 5.97 Å². The second-order valence-electron chi connectivity index (χ2n) is 5.53. The van der Waals surface area contributed by atoms with Crippen molar-refractivity contribution in [3.05, 3.63) is 0 Å². The molecule has 0 aromatic heterocycles. The monoisotopic (exact) mass is 253 g/mol. The molecule has 0 bridgehead atoms. The minimum Gasteiger partial charge on any atom is -0.480 e. The highest BCUT2D eigenvalue weighted by Gasteiger charge is 2.27. The first-order valence-electron chi connectivity index (χ1n) is 6.79. The van der Waals surface area contributed by atoms with Crippen molar-refractivity contribution in [3.63, 3.8) is 0 Å². The van der Waals surface area contributed by atoms with Crippen LogP contribution in [0.15, 0.2) is 4.99 Å². The summed E-state index contributed by atoms with van der Waals surface area (Å²) in [6.45, 7) is 7.69. The molecule has 2 aliphatic rings. The average molecular weight is 253 g/mol. The molecule has 0 amide bonds. The molecule has 0 aromatic carbocycles. The van der Waals surface area contributed by atoms with E-state index in [1.165, 1.54) is 12.8 Å². The Hall–Kier alpha value is -0.940. The molecular formula is C13H23N3O2. The second kappa shape index (κ2) is 6.29. The summed E-state index contributed by atoms with van der Waals surface area (Å²) in [5.74, 6) is -0.0149. The lowest BCUT2D eigenvalue weighted by atomic mass is 10.1. The molecule has 1 saturated heterocycles. The van der Waals surface area contributed by atoms with Gasteiger partial charge in [-0.3, -0.25) is 19.6 Å². The summed E-state index contributed by atoms with van der Waals surface area (Å²) in [4.78, 5) is 19.3. The Morgan fingerprint density at radius 1 is 1.33 bits per heavy atom. The molecule has 2 atom stereocenters. The number of carboxylic acid groups (broad SMARTS) is 1. The van der Waals surface area contributed by atoms with Crippen LogP contribution >= 0.6 is 0 Å². The number of rotatable bonds is 5. The largest absolute Gasteiger partial charge is 0.480 e. The van der Waals surface area contributed by atoms with E-state index in [0.29, 0.717) is 12.0 Å². The predicted octanol–water partition coefficient (Wildman–Crippen LogP) is 0.905. The normalized spacial score (nSPS) is 30.4. The van der Waals surface area contributed by atoms with Crippen LogP contribution in [-0.4, -0.2) is 66.5 Å². The van der Waals surface area contributed by atoms with Gasteiger partial charge in [-0.2, -0.15) is 0 Å². The van der Waals surface area contributed by atoms with Gasteiger partial charge in [-0.1, -0.05) is 0 Å². The molecular weight excluding hydrogens is 230 g/mol. The SMILES string of the molecule is C=NC1CCC(CN2CCCN(CC(=O)O)C2)C1. The Balaban J connectivity index is 1.75. The van der Waals surface area contributed by atoms with Crippen LogP contribution in [0.4, 0.5) is 0 Å². The Labute approximate surface area is 108 Å². The smallest absolute Gasteiger partial charge is 0.317 e. The van der Waals surface area contributed by atoms with Crippen LogP contribution in [-0.2, 0) is 4.79 Å². The highest BCUT2D eigenvalue weighted by Crippen LogP contribution is 2.28. The number of carboxylic acids is 1. The van der Waals surface area contributed by atoms with Crippen molar-refractivity contribution < 1.29 is 9.90 Å². The molecule has 1 aliphatic carbocycles. The number of carbonyl (C=O) groups is 1. The van der Waals surface area contributed by atoms with Gasteiger partial charge in [0.25, 0.3) is 0 Å². The maximum Gasteiger partial charge on any atom is 0.317 e. The van der Waals surface area contributed by atoms with E-state index >= 15 is 0 Å². The number of aliphatic carboxylic acids is 1. The lowest BCUT2D eigenvalue weighted by molar-refractivity contribution is -0.139. The third-order valence-corrected chi connectivity index (χ3v) is 4.00. The van der Waals surface area contributed by atoms with Crippen molar-refractivity contribution in [2.75, 3.05) is 32.8 Å². The van der Waals surface area contributed by atoms with Crippen LogP contribution in [0.1, 0.15) is 25.7 Å². The lowest BCUT2D eigenvalue weighted by Crippen LogP contribution is -2.47. The summed E-state index contributed by atoms with van der Waals surface area (Å²) in [5, 5.41) is 8.82. The molecule has 1 saturated carbocycles. The van der Waals surface area contributed by atoms with Crippen LogP contribution in [0.3, 0.4) is 0 Å². The molecule has 2 rings (SSSR count). The highest BCUT2D eigenvalue weighted by molar-refractivity contribution is 5.69. The summed E-state index contributed by atoms with van der Waals surface area (Å²) in [6.07, 6.45) is 4.63. The van der Waals surface area contributed by atoms with E-state index in [0.717, 1.165) is 39.1 Å². The lowest BCUT2D eigenvalue weighted by Gasteiger charge is -2.36. The highest BCUT2D eigenvalue weighted by atomic mass is 16.4. The molecule has 2 fully saturated rings. The summed E-state index contributed by atoms with van der Waals surface area (Å²) in [5.41, 5.74) is 0. The molecule has 5 nitrogen and oxygen atoms in total. The number of hydrogen-bond acceptors (Lipinski definition) is 4. The first kappa shape index (κ1) is 13.5. The third kappa shape index (κ3) is 3.78. The van der Waals surface area contributed by atoms with E-state index in [1.807, 2.05) is 4.90 Å². The van der Waals surface area contributed by atoms with Crippen molar-refractivity contribution in [1.82, 2.24) is 9.80 Å². The zero-order chi connectivity index (χ0) is 13.0. The van der Waals surface area contributed by atoms with Gasteiger partial charge in [0.15, 0.2) is 0 Å². The first-order valence-corrected chi connectivity index (χ1v) is 6.79. The van der Waals surface area contributed by atoms with Gasteiger partial charge in [0.05, 0.1) is 13.2 Å². The standard InChI is InChI=1S/C13H23N3O2/c1-14-12-4-3-11(7-12)8-15-5-2-6-16(10-15)9-13(17)18/h11-12H,1-10H2,(H,17,18). The zero-order valence-electron chi connectivity index (χ0n) is 10.9. The molecule has 2 unspecified atom stereocenters. The van der Waals surface area contributed by atoms with Gasteiger partial charge >= 0.3 is 5.97 Å². The van der Waals surface area contributed by atoms with Crippen molar-refractivity contribution in [3.8, 4) is 0 Å². The summed E-state index contributed by atoms with van der Waals surface area (Å²) >= 11 is 0. The summed E-state index contributed by atoms with van der Waals surface area (Å²) < 4.78 is 0. The Morgan fingerprint density at radius 3 is 2.78 bits per heavy atom. The molecule has 0 aromatic rings. The molecule has 5 heteroatoms. The van der Waals surface area contributed by atoms with E-state index in [4.69, 9.17) is 5.11 Å². The van der Waals surface area contributed by atoms with Crippen LogP contribution in [0.2, 0.25) is 0 Å². The van der Waals surface area contributed by atoms with Crippen LogP contribution in [0.5, 0.6) is 0 Å². The molecule has 1 aliphatic heterocycles. The molecule has 18 heavy (non-hydrogen) atoms. The second-order valence-corrected chi connectivity index (χ2v) is 5.53. The van der Waals surface area contributed by atoms with E-state index in [-0.39, 0.29) is 6.54 Å². The van der Waals surface area contributed by atoms with Crippen LogP contribution < -0.4 is 0 Å². The van der Waals surface area contributed by atoms with Gasteiger partial charge in [0.1, 0.15) is 0 Å². The molecule has 1 heterocycles. The van der Waals surface area contributed by atoms with E-state index in [1.54, 1.807) is 0 Å². The fourth-order valence-corrected chi connectivity index (χ4v) is 3.16. The molecule has 0 spiro atoms. The van der Waals surface area contributed by atoms with Gasteiger partial charge in [0.2, 0.25) is 0 Å². The predicted molar refractivity (Wildman–Crippen MR) is 70.9 cm³/mol. The van der Waals surface area contributed by atoms with Gasteiger partial charge in [0, 0.05) is 25.7 Å². The van der Waals surface area contributed by atoms with E-state index in [9.17, 15) is 4.79 Å². The molecule has 1 N–H and O–H groups in total. The molecule has 0 radical (unpaired) electrons. The van der Waals surface area contributed by atoms with Crippen molar-refractivity contribution in [2.24, 2.45) is 10.9 Å². The van der Waals surface area contributed by atoms with Crippen LogP contribution in [0, 0.1) is 5.92 Å². The Kier molecular flexibility index (Phi) is 4.72. The topological polar surface area (TPSA) is 56.1 Å². The van der Waals surface area contributed by atoms with Gasteiger partial charge in [-0.05, 0) is 38.3 Å². The van der Waals surface area contributed by atoms with Gasteiger partial charge in [-0.15, -0.1) is 0 Å². The fraction of sp³-hybridized carbons (Fsp3) is 0.846. The maximum absolute atomic E-state index is 10.7. The fourth-order valence-electron chi connectivity index (χ4n) is 3.16. The third-order valence-electron chi connectivity index (χ3n) is 4.00. The minimum absolute atomic E-state index is 0.165. The van der Waals surface area contributed by atoms with Gasteiger partial charge < -0.3 is 5.11 Å².